The molecule has 0 aliphatic carbocycles. The molecule has 13 nitrogen and oxygen atoms in total. The van der Waals surface area contributed by atoms with E-state index in [1.165, 1.54) is 44.8 Å². The summed E-state index contributed by atoms with van der Waals surface area (Å²) in [6.45, 7) is 1.42. The van der Waals surface area contributed by atoms with Crippen LogP contribution in [-0.2, 0) is 9.47 Å². The molecule has 0 atom stereocenters. The van der Waals surface area contributed by atoms with Gasteiger partial charge in [0.05, 0.1) is 28.7 Å². The van der Waals surface area contributed by atoms with Gasteiger partial charge in [0, 0.05) is 39.4 Å². The van der Waals surface area contributed by atoms with E-state index in [0.717, 1.165) is 0 Å². The van der Waals surface area contributed by atoms with Gasteiger partial charge < -0.3 is 14.4 Å². The molecule has 0 aliphatic rings. The molecule has 29 heavy (non-hydrogen) atoms. The van der Waals surface area contributed by atoms with Gasteiger partial charge in [0.1, 0.15) is 6.33 Å². The second-order valence-corrected chi connectivity index (χ2v) is 5.68. The maximum Gasteiger partial charge on any atom is 0.355 e. The summed E-state index contributed by atoms with van der Waals surface area (Å²) in [7, 11) is 3.06. The van der Waals surface area contributed by atoms with Crippen LogP contribution >= 0.6 is 0 Å². The van der Waals surface area contributed by atoms with Gasteiger partial charge >= 0.3 is 5.69 Å². The van der Waals surface area contributed by atoms with Gasteiger partial charge in [0.25, 0.3) is 5.69 Å². The maximum atomic E-state index is 11.7. The fourth-order valence-corrected chi connectivity index (χ4v) is 2.38. The number of nitrogens with zero attached hydrogens (tertiary/aromatic N) is 5. The van der Waals surface area contributed by atoms with Gasteiger partial charge in [-0.25, -0.2) is 9.97 Å². The van der Waals surface area contributed by atoms with Crippen molar-refractivity contribution in [1.82, 2.24) is 9.97 Å². The number of nitrogens with one attached hydrogen (secondary N) is 2. The van der Waals surface area contributed by atoms with Crippen molar-refractivity contribution in [2.75, 3.05) is 56.3 Å². The van der Waals surface area contributed by atoms with Crippen LogP contribution in [0.4, 0.5) is 28.7 Å². The van der Waals surface area contributed by atoms with Crippen LogP contribution in [0.25, 0.3) is 0 Å². The first-order valence-corrected chi connectivity index (χ1v) is 8.46. The fourth-order valence-electron chi connectivity index (χ4n) is 2.38. The van der Waals surface area contributed by atoms with Crippen molar-refractivity contribution in [2.24, 2.45) is 0 Å². The van der Waals surface area contributed by atoms with Gasteiger partial charge in [-0.15, -0.1) is 0 Å². The first-order chi connectivity index (χ1) is 14.0. The Morgan fingerprint density at radius 3 is 2.10 bits per heavy atom. The number of benzene rings is 1. The third kappa shape index (κ3) is 5.95. The number of rotatable bonds is 12. The zero-order chi connectivity index (χ0) is 21.2. The van der Waals surface area contributed by atoms with Gasteiger partial charge in [-0.05, 0) is 12.1 Å². The van der Waals surface area contributed by atoms with Gasteiger partial charge in [-0.2, -0.15) is 0 Å². The van der Waals surface area contributed by atoms with Crippen LogP contribution < -0.4 is 15.8 Å². The summed E-state index contributed by atoms with van der Waals surface area (Å²) in [4.78, 5) is 31.0. The molecule has 2 aromatic rings. The van der Waals surface area contributed by atoms with E-state index in [9.17, 15) is 20.2 Å². The van der Waals surface area contributed by atoms with E-state index in [4.69, 9.17) is 9.47 Å². The molecule has 1 aromatic carbocycles. The summed E-state index contributed by atoms with van der Waals surface area (Å²) in [5, 5.41) is 22.4. The molecular formula is C16H21N7O6. The Kier molecular flexibility index (Phi) is 8.00. The van der Waals surface area contributed by atoms with Crippen LogP contribution in [0.2, 0.25) is 0 Å². The highest BCUT2D eigenvalue weighted by molar-refractivity contribution is 5.71. The average molecular weight is 407 g/mol. The first-order valence-electron chi connectivity index (χ1n) is 8.46. The summed E-state index contributed by atoms with van der Waals surface area (Å²) in [5.41, 5.74) is 5.47. The van der Waals surface area contributed by atoms with Gasteiger partial charge in [0.15, 0.2) is 0 Å². The summed E-state index contributed by atoms with van der Waals surface area (Å²) < 4.78 is 10.1. The minimum absolute atomic E-state index is 0.0572. The maximum absolute atomic E-state index is 11.7. The number of hydrogen-bond acceptors (Lipinski definition) is 11. The molecule has 156 valence electrons. The minimum atomic E-state index is -0.582. The SMILES string of the molecule is COCCN(CCOC)c1ncnc(NNc2ccc([N+](=O)[O-])cc2)c1[N+](=O)[O-]. The van der Waals surface area contributed by atoms with Crippen molar-refractivity contribution in [3.63, 3.8) is 0 Å². The van der Waals surface area contributed by atoms with Crippen LogP contribution in [0.15, 0.2) is 30.6 Å². The fraction of sp³-hybridized carbons (Fsp3) is 0.375. The molecule has 0 unspecified atom stereocenters. The quantitative estimate of drug-likeness (QED) is 0.390. The lowest BCUT2D eigenvalue weighted by molar-refractivity contribution is -0.384. The molecule has 2 rings (SSSR count). The molecule has 13 heteroatoms. The molecule has 0 spiro atoms. The highest BCUT2D eigenvalue weighted by atomic mass is 16.6. The smallest absolute Gasteiger partial charge is 0.355 e. The summed E-state index contributed by atoms with van der Waals surface area (Å²) in [5.74, 6) is 0.0604. The Hall–Kier alpha value is -3.58. The molecule has 0 aliphatic heterocycles. The molecule has 0 radical (unpaired) electrons. The Bertz CT molecular complexity index is 825. The molecule has 0 amide bonds. The van der Waals surface area contributed by atoms with E-state index in [1.54, 1.807) is 4.90 Å². The first kappa shape index (κ1) is 21.7. The molecular weight excluding hydrogens is 386 g/mol. The minimum Gasteiger partial charge on any atom is -0.383 e. The summed E-state index contributed by atoms with van der Waals surface area (Å²) in [6.07, 6.45) is 1.20. The number of hydrogen-bond donors (Lipinski definition) is 2. The Labute approximate surface area is 165 Å². The van der Waals surface area contributed by atoms with Crippen LogP contribution in [-0.4, -0.2) is 60.3 Å². The predicted molar refractivity (Wildman–Crippen MR) is 105 cm³/mol. The van der Waals surface area contributed by atoms with Crippen molar-refractivity contribution in [3.05, 3.63) is 50.8 Å². The Morgan fingerprint density at radius 1 is 0.966 bits per heavy atom. The summed E-state index contributed by atoms with van der Waals surface area (Å²) in [6, 6.07) is 5.53. The topological polar surface area (TPSA) is 158 Å². The zero-order valence-electron chi connectivity index (χ0n) is 15.9. The highest BCUT2D eigenvalue weighted by Gasteiger charge is 2.27. The normalized spacial score (nSPS) is 10.4. The van der Waals surface area contributed by atoms with Crippen molar-refractivity contribution < 1.29 is 19.3 Å². The number of methoxy groups -OCH3 is 2. The standard InChI is InChI=1S/C16H21N7O6/c1-28-9-7-21(8-10-29-2)16-14(23(26)27)15(17-11-18-16)20-19-12-3-5-13(6-4-12)22(24)25/h3-6,11,19H,7-10H2,1-2H3,(H,17,18,20). The van der Waals surface area contributed by atoms with E-state index >= 15 is 0 Å². The highest BCUT2D eigenvalue weighted by Crippen LogP contribution is 2.31. The molecule has 0 fully saturated rings. The number of hydrazine groups is 1. The van der Waals surface area contributed by atoms with Crippen LogP contribution in [0.3, 0.4) is 0 Å². The Balaban J connectivity index is 2.26. The lowest BCUT2D eigenvalue weighted by Crippen LogP contribution is -2.32. The van der Waals surface area contributed by atoms with Crippen molar-refractivity contribution in [3.8, 4) is 0 Å². The second-order valence-electron chi connectivity index (χ2n) is 5.68. The number of ether oxygens (including phenoxy) is 2. The van der Waals surface area contributed by atoms with Gasteiger partial charge in [-0.3, -0.25) is 31.1 Å². The molecule has 0 saturated carbocycles. The number of anilines is 3. The molecule has 0 saturated heterocycles. The molecule has 2 N–H and O–H groups in total. The van der Waals surface area contributed by atoms with E-state index in [1.807, 2.05) is 0 Å². The number of nitro benzene ring substituents is 1. The molecule has 0 bridgehead atoms. The van der Waals surface area contributed by atoms with Crippen LogP contribution in [0, 0.1) is 20.2 Å². The number of nitro groups is 2. The van der Waals surface area contributed by atoms with Crippen molar-refractivity contribution in [1.29, 1.82) is 0 Å². The van der Waals surface area contributed by atoms with Crippen LogP contribution in [0.1, 0.15) is 0 Å². The van der Waals surface area contributed by atoms with Gasteiger partial charge in [0.2, 0.25) is 11.6 Å². The van der Waals surface area contributed by atoms with E-state index in [-0.39, 0.29) is 23.0 Å². The third-order valence-corrected chi connectivity index (χ3v) is 3.82. The van der Waals surface area contributed by atoms with E-state index < -0.39 is 9.85 Å². The number of aromatic nitrogens is 2. The Morgan fingerprint density at radius 2 is 1.59 bits per heavy atom. The second kappa shape index (κ2) is 10.7. The third-order valence-electron chi connectivity index (χ3n) is 3.82. The zero-order valence-corrected chi connectivity index (χ0v) is 15.9. The largest absolute Gasteiger partial charge is 0.383 e. The monoisotopic (exact) mass is 407 g/mol. The van der Waals surface area contributed by atoms with Gasteiger partial charge in [-0.1, -0.05) is 0 Å². The van der Waals surface area contributed by atoms with Crippen molar-refractivity contribution in [2.45, 2.75) is 0 Å². The van der Waals surface area contributed by atoms with E-state index in [0.29, 0.717) is 32.0 Å². The summed E-state index contributed by atoms with van der Waals surface area (Å²) >= 11 is 0. The number of non-ortho nitro benzene ring substituents is 1. The predicted octanol–water partition coefficient (Wildman–Crippen LogP) is 1.83. The van der Waals surface area contributed by atoms with Crippen molar-refractivity contribution >= 4 is 28.7 Å². The lowest BCUT2D eigenvalue weighted by atomic mass is 10.3. The lowest BCUT2D eigenvalue weighted by Gasteiger charge is -2.23. The van der Waals surface area contributed by atoms with E-state index in [2.05, 4.69) is 20.8 Å². The average Bonchev–Trinajstić information content (AvgIpc) is 2.72. The molecule has 1 heterocycles. The molecule has 1 aromatic heterocycles. The van der Waals surface area contributed by atoms with Crippen LogP contribution in [0.5, 0.6) is 0 Å².